The van der Waals surface area contributed by atoms with Crippen LogP contribution in [0.1, 0.15) is 49.1 Å². The molecule has 2 aliphatic rings. The van der Waals surface area contributed by atoms with Gasteiger partial charge in [0.05, 0.1) is 44.7 Å². The lowest BCUT2D eigenvalue weighted by Gasteiger charge is -2.43. The summed E-state index contributed by atoms with van der Waals surface area (Å²) in [6.07, 6.45) is 0.685. The number of para-hydroxylation sites is 6. The zero-order valence-corrected chi connectivity index (χ0v) is 29.5. The normalized spacial score (nSPS) is 17.0. The van der Waals surface area contributed by atoms with Crippen molar-refractivity contribution < 1.29 is 4.42 Å². The molecule has 0 radical (unpaired) electrons. The average Bonchev–Trinajstić information content (AvgIpc) is 3.87. The number of hydrogen-bond acceptors (Lipinski definition) is 2. The van der Waals surface area contributed by atoms with Crippen molar-refractivity contribution in [2.45, 2.75) is 38.0 Å². The molecule has 4 heteroatoms. The van der Waals surface area contributed by atoms with Gasteiger partial charge in [-0.15, -0.1) is 0 Å². The van der Waals surface area contributed by atoms with Crippen LogP contribution in [0.25, 0.3) is 44.1 Å². The van der Waals surface area contributed by atoms with Crippen molar-refractivity contribution in [3.05, 3.63) is 186 Å². The first kappa shape index (κ1) is 29.5. The number of benzene rings is 6. The minimum absolute atomic E-state index is 0.308. The summed E-state index contributed by atoms with van der Waals surface area (Å²) in [5, 5.41) is 3.79. The molecule has 52 heavy (non-hydrogen) atoms. The topological polar surface area (TPSA) is 26.2 Å². The van der Waals surface area contributed by atoms with Gasteiger partial charge in [-0.3, -0.25) is 0 Å². The summed E-state index contributed by atoms with van der Waals surface area (Å²) in [6.45, 7) is 7.06. The quantitative estimate of drug-likeness (QED) is 0.186. The fourth-order valence-corrected chi connectivity index (χ4v) is 9.59. The van der Waals surface area contributed by atoms with Gasteiger partial charge in [-0.2, -0.15) is 0 Å². The third-order valence-electron chi connectivity index (χ3n) is 11.8. The van der Waals surface area contributed by atoms with Gasteiger partial charge in [0.2, 0.25) is 0 Å². The number of nitrogens with zero attached hydrogens (tertiary/aromatic N) is 3. The van der Waals surface area contributed by atoms with Crippen LogP contribution >= 0.6 is 0 Å². The Morgan fingerprint density at radius 1 is 0.519 bits per heavy atom. The second-order valence-corrected chi connectivity index (χ2v) is 15.2. The molecule has 0 saturated carbocycles. The second-order valence-electron chi connectivity index (χ2n) is 15.2. The number of furan rings is 1. The minimum Gasteiger partial charge on any atom is -0.463 e. The average molecular weight is 672 g/mol. The molecule has 5 heterocycles. The molecule has 1 atom stereocenters. The van der Waals surface area contributed by atoms with Crippen LogP contribution in [-0.2, 0) is 17.3 Å². The predicted molar refractivity (Wildman–Crippen MR) is 213 cm³/mol. The largest absolute Gasteiger partial charge is 0.463 e. The maximum absolute atomic E-state index is 7.21. The summed E-state index contributed by atoms with van der Waals surface area (Å²) in [5.74, 6) is 2.00. The van der Waals surface area contributed by atoms with E-state index in [2.05, 4.69) is 193 Å². The smallest absolute Gasteiger partial charge is 0.138 e. The van der Waals surface area contributed by atoms with E-state index >= 15 is 0 Å². The van der Waals surface area contributed by atoms with Crippen molar-refractivity contribution in [1.29, 1.82) is 0 Å². The molecule has 0 bridgehead atoms. The van der Waals surface area contributed by atoms with E-state index in [-0.39, 0.29) is 5.41 Å². The maximum Gasteiger partial charge on any atom is 0.138 e. The van der Waals surface area contributed by atoms with Crippen LogP contribution in [0.4, 0.5) is 17.1 Å². The van der Waals surface area contributed by atoms with E-state index in [0.29, 0.717) is 6.42 Å². The second kappa shape index (κ2) is 10.4. The van der Waals surface area contributed by atoms with Crippen LogP contribution in [0.5, 0.6) is 0 Å². The van der Waals surface area contributed by atoms with Gasteiger partial charge in [0, 0.05) is 45.4 Å². The number of aromatic nitrogens is 2. The van der Waals surface area contributed by atoms with E-state index in [1.807, 2.05) is 0 Å². The van der Waals surface area contributed by atoms with Crippen molar-refractivity contribution in [3.8, 4) is 11.4 Å². The lowest BCUT2D eigenvalue weighted by atomic mass is 9.72. The molecular weight excluding hydrogens is 635 g/mol. The molecule has 1 unspecified atom stereocenters. The van der Waals surface area contributed by atoms with Gasteiger partial charge in [-0.05, 0) is 74.4 Å². The Bertz CT molecular complexity index is 2870. The summed E-state index contributed by atoms with van der Waals surface area (Å²) in [4.78, 5) is 2.48. The first-order valence-electron chi connectivity index (χ1n) is 18.3. The Labute approximate surface area is 302 Å². The Hall–Kier alpha value is -6.26. The number of rotatable bonds is 4. The fourth-order valence-electron chi connectivity index (χ4n) is 9.59. The fraction of sp³-hybridized carbons (Fsp3) is 0.125. The molecular formula is C48H37N3O. The van der Waals surface area contributed by atoms with Gasteiger partial charge in [-0.25, -0.2) is 0 Å². The molecule has 3 aromatic heterocycles. The molecule has 0 N–H and O–H groups in total. The molecule has 0 spiro atoms. The monoisotopic (exact) mass is 671 g/mol. The van der Waals surface area contributed by atoms with Crippen molar-refractivity contribution in [2.75, 3.05) is 4.90 Å². The zero-order valence-electron chi connectivity index (χ0n) is 29.5. The molecule has 0 fully saturated rings. The maximum atomic E-state index is 7.21. The van der Waals surface area contributed by atoms with Gasteiger partial charge in [0.15, 0.2) is 0 Å². The van der Waals surface area contributed by atoms with Crippen LogP contribution < -0.4 is 4.90 Å². The highest BCUT2D eigenvalue weighted by Crippen LogP contribution is 2.58. The van der Waals surface area contributed by atoms with Crippen LogP contribution in [0.2, 0.25) is 0 Å². The summed E-state index contributed by atoms with van der Waals surface area (Å²) in [7, 11) is 0. The molecule has 6 aromatic carbocycles. The van der Waals surface area contributed by atoms with Gasteiger partial charge in [0.25, 0.3) is 0 Å². The van der Waals surface area contributed by atoms with Gasteiger partial charge in [0.1, 0.15) is 11.5 Å². The van der Waals surface area contributed by atoms with E-state index in [9.17, 15) is 0 Å². The van der Waals surface area contributed by atoms with Crippen LogP contribution in [-0.4, -0.2) is 9.13 Å². The van der Waals surface area contributed by atoms with Crippen molar-refractivity contribution in [1.82, 2.24) is 9.13 Å². The molecule has 0 aliphatic carbocycles. The Morgan fingerprint density at radius 3 is 1.88 bits per heavy atom. The first-order valence-corrected chi connectivity index (χ1v) is 18.3. The molecule has 11 rings (SSSR count). The highest BCUT2D eigenvalue weighted by atomic mass is 16.3. The van der Waals surface area contributed by atoms with Crippen molar-refractivity contribution in [2.24, 2.45) is 0 Å². The summed E-state index contributed by atoms with van der Waals surface area (Å²) < 4.78 is 12.2. The summed E-state index contributed by atoms with van der Waals surface area (Å²) in [5.41, 5.74) is 12.6. The lowest BCUT2D eigenvalue weighted by Crippen LogP contribution is -2.36. The predicted octanol–water partition coefficient (Wildman–Crippen LogP) is 12.3. The minimum atomic E-state index is -0.461. The van der Waals surface area contributed by atoms with Crippen molar-refractivity contribution >= 4 is 49.8 Å². The third kappa shape index (κ3) is 3.76. The number of fused-ring (bicyclic) bond motifs is 9. The van der Waals surface area contributed by atoms with E-state index in [4.69, 9.17) is 4.42 Å². The molecule has 2 aliphatic heterocycles. The lowest BCUT2D eigenvalue weighted by molar-refractivity contribution is 0.376. The van der Waals surface area contributed by atoms with Gasteiger partial charge in [-0.1, -0.05) is 109 Å². The zero-order chi connectivity index (χ0) is 34.8. The Kier molecular flexibility index (Phi) is 5.89. The number of anilines is 3. The highest BCUT2D eigenvalue weighted by Gasteiger charge is 2.46. The van der Waals surface area contributed by atoms with Gasteiger partial charge >= 0.3 is 0 Å². The van der Waals surface area contributed by atoms with E-state index in [0.717, 1.165) is 28.6 Å². The highest BCUT2D eigenvalue weighted by molar-refractivity contribution is 6.11. The SMILES string of the molecule is CC1(C)c2oc(CC3(C)c4ccccc4N(c4ccccc4)c4c3n(-c3ccccc3)c3ccccc43)cc2-n2c3ccccc3c3cccc1c32. The Balaban J connectivity index is 1.20. The molecule has 0 amide bonds. The van der Waals surface area contributed by atoms with E-state index in [1.165, 1.54) is 60.9 Å². The molecule has 250 valence electrons. The molecule has 9 aromatic rings. The molecule has 0 saturated heterocycles. The Morgan fingerprint density at radius 2 is 1.12 bits per heavy atom. The van der Waals surface area contributed by atoms with Crippen LogP contribution in [0.3, 0.4) is 0 Å². The third-order valence-corrected chi connectivity index (χ3v) is 11.8. The first-order chi connectivity index (χ1) is 25.4. The van der Waals surface area contributed by atoms with E-state index in [1.54, 1.807) is 0 Å². The standard InChI is InChI=1S/C48H37N3O/c1-47(2)38-25-16-23-35-34-21-10-13-26-39(34)51(43(35)38)42-29-33(52-46(42)47)30-48(3)37-24-12-15-28-41(37)49(31-17-6-4-7-18-31)44-36-22-11-14-27-40(36)50(45(44)48)32-19-8-5-9-20-32/h4-29H,30H2,1-3H3. The van der Waals surface area contributed by atoms with Crippen LogP contribution in [0, 0.1) is 0 Å². The molecule has 4 nitrogen and oxygen atoms in total. The van der Waals surface area contributed by atoms with Gasteiger partial charge < -0.3 is 18.5 Å². The van der Waals surface area contributed by atoms with E-state index < -0.39 is 5.41 Å². The number of hydrogen-bond donors (Lipinski definition) is 0. The van der Waals surface area contributed by atoms with Crippen LogP contribution in [0.15, 0.2) is 162 Å². The summed E-state index contributed by atoms with van der Waals surface area (Å²) in [6, 6.07) is 57.4. The summed E-state index contributed by atoms with van der Waals surface area (Å²) >= 11 is 0. The van der Waals surface area contributed by atoms with Crippen molar-refractivity contribution in [3.63, 3.8) is 0 Å².